The van der Waals surface area contributed by atoms with Crippen LogP contribution in [0, 0.1) is 0 Å². The van der Waals surface area contributed by atoms with E-state index in [2.05, 4.69) is 15.2 Å². The van der Waals surface area contributed by atoms with Crippen molar-refractivity contribution in [2.75, 3.05) is 31.4 Å². The summed E-state index contributed by atoms with van der Waals surface area (Å²) in [5.41, 5.74) is 5.02. The Morgan fingerprint density at radius 2 is 1.85 bits per heavy atom. The van der Waals surface area contributed by atoms with Crippen LogP contribution in [0.5, 0.6) is 0 Å². The van der Waals surface area contributed by atoms with Gasteiger partial charge in [-0.2, -0.15) is 0 Å². The molecule has 3 aromatic rings. The van der Waals surface area contributed by atoms with E-state index in [1.165, 1.54) is 6.26 Å². The lowest BCUT2D eigenvalue weighted by Gasteiger charge is -2.36. The zero-order chi connectivity index (χ0) is 23.4. The van der Waals surface area contributed by atoms with Crippen molar-refractivity contribution in [3.63, 3.8) is 0 Å². The quantitative estimate of drug-likeness (QED) is 0.572. The summed E-state index contributed by atoms with van der Waals surface area (Å²) in [6, 6.07) is 10.3. The monoisotopic (exact) mass is 469 g/mol. The Hall–Kier alpha value is -2.49. The van der Waals surface area contributed by atoms with E-state index in [0.29, 0.717) is 18.9 Å². The average Bonchev–Trinajstić information content (AvgIpc) is 3.28. The second kappa shape index (κ2) is 8.07. The summed E-state index contributed by atoms with van der Waals surface area (Å²) in [7, 11) is -1.45. The van der Waals surface area contributed by atoms with Crippen LogP contribution in [0.1, 0.15) is 37.9 Å². The standard InChI is InChI=1S/C24H31N5O3S/c1-24(2,33(4,30)31)15-9-21(20-8-7-19-22(27-20)11-16(26-19)12-25-3)28-23(10-15)29-17-5-6-18(29)14-32-13-17/h7-11,17-18,25-26H,5-6,12-14H2,1-4H3/t17-,18+. The predicted molar refractivity (Wildman–Crippen MR) is 130 cm³/mol. The van der Waals surface area contributed by atoms with Gasteiger partial charge < -0.3 is 19.9 Å². The summed E-state index contributed by atoms with van der Waals surface area (Å²) < 4.78 is 30.1. The number of pyridine rings is 2. The molecule has 8 nitrogen and oxygen atoms in total. The minimum atomic E-state index is -3.35. The highest BCUT2D eigenvalue weighted by molar-refractivity contribution is 7.91. The molecule has 2 aliphatic rings. The highest BCUT2D eigenvalue weighted by atomic mass is 32.2. The third kappa shape index (κ3) is 3.92. The molecule has 0 aromatic carbocycles. The second-order valence-electron chi connectivity index (χ2n) is 9.67. The molecule has 0 amide bonds. The lowest BCUT2D eigenvalue weighted by molar-refractivity contribution is 0.0902. The fourth-order valence-corrected chi connectivity index (χ4v) is 5.38. The van der Waals surface area contributed by atoms with Crippen molar-refractivity contribution in [3.05, 3.63) is 41.6 Å². The number of ether oxygens (including phenoxy) is 1. The lowest BCUT2D eigenvalue weighted by Crippen LogP contribution is -2.46. The van der Waals surface area contributed by atoms with Gasteiger partial charge in [-0.3, -0.25) is 0 Å². The minimum absolute atomic E-state index is 0.268. The summed E-state index contributed by atoms with van der Waals surface area (Å²) in [5.74, 6) is 0.807. The predicted octanol–water partition coefficient (Wildman–Crippen LogP) is 2.99. The molecule has 0 radical (unpaired) electrons. The molecule has 5 heterocycles. The Kier molecular flexibility index (Phi) is 5.46. The van der Waals surface area contributed by atoms with Gasteiger partial charge >= 0.3 is 0 Å². The van der Waals surface area contributed by atoms with Crippen molar-refractivity contribution >= 4 is 26.7 Å². The van der Waals surface area contributed by atoms with Gasteiger partial charge in [0.2, 0.25) is 0 Å². The SMILES string of the molecule is CNCc1cc2nc(-c3cc(C(C)(C)S(C)(=O)=O)cc(N4[C@@H]5CC[C@H]4COC5)n3)ccc2[nH]1. The third-order valence-electron chi connectivity index (χ3n) is 7.10. The molecule has 3 aromatic heterocycles. The van der Waals surface area contributed by atoms with Crippen molar-refractivity contribution in [1.82, 2.24) is 20.3 Å². The smallest absolute Gasteiger partial charge is 0.156 e. The summed E-state index contributed by atoms with van der Waals surface area (Å²) in [6.45, 7) is 5.59. The Balaban J connectivity index is 1.65. The number of aromatic nitrogens is 3. The van der Waals surface area contributed by atoms with E-state index in [1.54, 1.807) is 13.8 Å². The molecule has 2 aliphatic heterocycles. The van der Waals surface area contributed by atoms with Gasteiger partial charge in [-0.1, -0.05) is 0 Å². The topological polar surface area (TPSA) is 100 Å². The summed E-state index contributed by atoms with van der Waals surface area (Å²) >= 11 is 0. The molecule has 0 spiro atoms. The first kappa shape index (κ1) is 22.3. The van der Waals surface area contributed by atoms with E-state index in [1.807, 2.05) is 37.4 Å². The first-order chi connectivity index (χ1) is 15.7. The van der Waals surface area contributed by atoms with Crippen LogP contribution >= 0.6 is 0 Å². The van der Waals surface area contributed by atoms with E-state index in [-0.39, 0.29) is 12.1 Å². The van der Waals surface area contributed by atoms with Crippen molar-refractivity contribution in [2.24, 2.45) is 0 Å². The van der Waals surface area contributed by atoms with Crippen molar-refractivity contribution in [2.45, 2.75) is 50.1 Å². The van der Waals surface area contributed by atoms with Crippen LogP contribution in [0.25, 0.3) is 22.4 Å². The molecule has 0 saturated carbocycles. The lowest BCUT2D eigenvalue weighted by atomic mass is 10.0. The highest BCUT2D eigenvalue weighted by Crippen LogP contribution is 2.38. The Morgan fingerprint density at radius 3 is 2.52 bits per heavy atom. The van der Waals surface area contributed by atoms with Crippen LogP contribution < -0.4 is 10.2 Å². The molecule has 2 N–H and O–H groups in total. The van der Waals surface area contributed by atoms with Crippen LogP contribution in [-0.4, -0.2) is 62.0 Å². The van der Waals surface area contributed by atoms with Crippen LogP contribution in [0.2, 0.25) is 0 Å². The fraction of sp³-hybridized carbons (Fsp3) is 0.500. The van der Waals surface area contributed by atoms with Gasteiger partial charge in [-0.05, 0) is 69.6 Å². The minimum Gasteiger partial charge on any atom is -0.377 e. The number of hydrogen-bond acceptors (Lipinski definition) is 7. The summed E-state index contributed by atoms with van der Waals surface area (Å²) in [5, 5.41) is 3.14. The number of H-pyrrole nitrogens is 1. The number of anilines is 1. The fourth-order valence-electron chi connectivity index (χ4n) is 4.84. The van der Waals surface area contributed by atoms with Crippen LogP contribution in [0.4, 0.5) is 5.82 Å². The summed E-state index contributed by atoms with van der Waals surface area (Å²) in [4.78, 5) is 15.6. The molecular weight excluding hydrogens is 438 g/mol. The van der Waals surface area contributed by atoms with Gasteiger partial charge in [0.05, 0.1) is 52.5 Å². The normalized spacial score (nSPS) is 21.2. The van der Waals surface area contributed by atoms with Crippen molar-refractivity contribution in [1.29, 1.82) is 0 Å². The number of aromatic amines is 1. The van der Waals surface area contributed by atoms with Crippen LogP contribution in [0.15, 0.2) is 30.3 Å². The molecule has 2 fully saturated rings. The van der Waals surface area contributed by atoms with E-state index < -0.39 is 14.6 Å². The number of fused-ring (bicyclic) bond motifs is 3. The molecule has 33 heavy (non-hydrogen) atoms. The number of rotatable bonds is 6. The Labute approximate surface area is 194 Å². The zero-order valence-corrected chi connectivity index (χ0v) is 20.4. The van der Waals surface area contributed by atoms with Crippen molar-refractivity contribution < 1.29 is 13.2 Å². The van der Waals surface area contributed by atoms with Gasteiger partial charge in [0.25, 0.3) is 0 Å². The van der Waals surface area contributed by atoms with E-state index >= 15 is 0 Å². The number of nitrogens with zero attached hydrogens (tertiary/aromatic N) is 3. The molecule has 5 rings (SSSR count). The molecule has 9 heteroatoms. The average molecular weight is 470 g/mol. The molecule has 2 saturated heterocycles. The van der Waals surface area contributed by atoms with Gasteiger partial charge in [-0.25, -0.2) is 18.4 Å². The number of morpholine rings is 1. The number of hydrogen-bond donors (Lipinski definition) is 2. The maximum absolute atomic E-state index is 12.7. The molecule has 2 bridgehead atoms. The third-order valence-corrected chi connectivity index (χ3v) is 9.19. The Morgan fingerprint density at radius 1 is 1.12 bits per heavy atom. The number of sulfone groups is 1. The maximum atomic E-state index is 12.7. The maximum Gasteiger partial charge on any atom is 0.156 e. The Bertz CT molecular complexity index is 1280. The van der Waals surface area contributed by atoms with Gasteiger partial charge in [0.15, 0.2) is 9.84 Å². The van der Waals surface area contributed by atoms with Gasteiger partial charge in [0.1, 0.15) is 5.82 Å². The largest absolute Gasteiger partial charge is 0.377 e. The van der Waals surface area contributed by atoms with Gasteiger partial charge in [-0.15, -0.1) is 0 Å². The van der Waals surface area contributed by atoms with E-state index in [4.69, 9.17) is 14.7 Å². The molecule has 2 atom stereocenters. The van der Waals surface area contributed by atoms with Crippen molar-refractivity contribution in [3.8, 4) is 11.4 Å². The van der Waals surface area contributed by atoms with E-state index in [0.717, 1.165) is 53.2 Å². The molecule has 0 unspecified atom stereocenters. The van der Waals surface area contributed by atoms with Gasteiger partial charge in [0, 0.05) is 18.5 Å². The number of nitrogens with one attached hydrogen (secondary N) is 2. The second-order valence-corrected chi connectivity index (χ2v) is 12.2. The summed E-state index contributed by atoms with van der Waals surface area (Å²) in [6.07, 6.45) is 3.41. The van der Waals surface area contributed by atoms with Crippen LogP contribution in [0.3, 0.4) is 0 Å². The molecule has 0 aliphatic carbocycles. The first-order valence-electron chi connectivity index (χ1n) is 11.4. The molecule has 176 valence electrons. The highest BCUT2D eigenvalue weighted by Gasteiger charge is 2.40. The zero-order valence-electron chi connectivity index (χ0n) is 19.6. The van der Waals surface area contributed by atoms with E-state index in [9.17, 15) is 8.42 Å². The first-order valence-corrected chi connectivity index (χ1v) is 13.3. The molecular formula is C24H31N5O3S. The van der Waals surface area contributed by atoms with Crippen LogP contribution in [-0.2, 0) is 25.9 Å².